The van der Waals surface area contributed by atoms with Crippen LogP contribution in [0.3, 0.4) is 0 Å². The van der Waals surface area contributed by atoms with Gasteiger partial charge >= 0.3 is 6.09 Å². The molecule has 1 aromatic rings. The van der Waals surface area contributed by atoms with Crippen molar-refractivity contribution < 1.29 is 14.3 Å². The van der Waals surface area contributed by atoms with Crippen LogP contribution in [-0.4, -0.2) is 12.0 Å². The molecular weight excluding hydrogens is 196 g/mol. The molecule has 0 atom stereocenters. The first-order chi connectivity index (χ1) is 7.08. The van der Waals surface area contributed by atoms with Crippen LogP contribution in [-0.2, 0) is 4.79 Å². The van der Waals surface area contributed by atoms with E-state index in [0.29, 0.717) is 5.75 Å². The number of ether oxygens (including phenoxy) is 1. The van der Waals surface area contributed by atoms with E-state index in [9.17, 15) is 9.59 Å². The number of hydrogen-bond donors (Lipinski definition) is 2. The normalized spacial score (nSPS) is 10.1. The number of primary amides is 2. The van der Waals surface area contributed by atoms with Crippen molar-refractivity contribution in [3.63, 3.8) is 0 Å². The van der Waals surface area contributed by atoms with Crippen LogP contribution in [0.15, 0.2) is 30.3 Å². The predicted octanol–water partition coefficient (Wildman–Crippen LogP) is 0.643. The minimum Gasteiger partial charge on any atom is -0.411 e. The highest BCUT2D eigenvalue weighted by molar-refractivity contribution is 5.90. The van der Waals surface area contributed by atoms with E-state index in [1.165, 1.54) is 6.08 Å². The van der Waals surface area contributed by atoms with Gasteiger partial charge in [-0.15, -0.1) is 0 Å². The molecule has 5 heteroatoms. The first-order valence-corrected chi connectivity index (χ1v) is 4.13. The van der Waals surface area contributed by atoms with Gasteiger partial charge in [-0.25, -0.2) is 4.79 Å². The highest BCUT2D eigenvalue weighted by atomic mass is 16.5. The summed E-state index contributed by atoms with van der Waals surface area (Å²) < 4.78 is 4.62. The lowest BCUT2D eigenvalue weighted by Gasteiger charge is -2.00. The molecule has 0 saturated carbocycles. The van der Waals surface area contributed by atoms with Crippen molar-refractivity contribution in [3.8, 4) is 5.75 Å². The highest BCUT2D eigenvalue weighted by Crippen LogP contribution is 2.12. The molecule has 1 rings (SSSR count). The molecule has 0 spiro atoms. The van der Waals surface area contributed by atoms with Gasteiger partial charge in [0.2, 0.25) is 5.91 Å². The predicted molar refractivity (Wildman–Crippen MR) is 54.9 cm³/mol. The molecule has 0 heterocycles. The standard InChI is InChI=1S/C10H10N2O3/c11-9(13)6-3-7-1-4-8(5-2-7)15-10(12)14/h1-6H,(H2,11,13)(H2,12,14). The Morgan fingerprint density at radius 3 is 2.20 bits per heavy atom. The van der Waals surface area contributed by atoms with Gasteiger partial charge in [-0.3, -0.25) is 4.79 Å². The fourth-order valence-electron chi connectivity index (χ4n) is 0.941. The third kappa shape index (κ3) is 3.95. The van der Waals surface area contributed by atoms with Crippen molar-refractivity contribution >= 4 is 18.1 Å². The number of benzene rings is 1. The number of carbonyl (C=O) groups excluding carboxylic acids is 2. The molecule has 15 heavy (non-hydrogen) atoms. The van der Waals surface area contributed by atoms with Gasteiger partial charge in [-0.1, -0.05) is 12.1 Å². The Morgan fingerprint density at radius 1 is 1.13 bits per heavy atom. The van der Waals surface area contributed by atoms with Gasteiger partial charge in [0.15, 0.2) is 0 Å². The van der Waals surface area contributed by atoms with Crippen LogP contribution < -0.4 is 16.2 Å². The minimum absolute atomic E-state index is 0.346. The largest absolute Gasteiger partial charge is 0.411 e. The molecule has 78 valence electrons. The van der Waals surface area contributed by atoms with E-state index in [2.05, 4.69) is 4.74 Å². The van der Waals surface area contributed by atoms with Gasteiger partial charge in [0.25, 0.3) is 0 Å². The molecule has 0 aliphatic heterocycles. The summed E-state index contributed by atoms with van der Waals surface area (Å²) in [5.41, 5.74) is 10.5. The van der Waals surface area contributed by atoms with Gasteiger partial charge in [-0.05, 0) is 23.8 Å². The summed E-state index contributed by atoms with van der Waals surface area (Å²) >= 11 is 0. The van der Waals surface area contributed by atoms with E-state index in [4.69, 9.17) is 11.5 Å². The van der Waals surface area contributed by atoms with Crippen molar-refractivity contribution in [2.45, 2.75) is 0 Å². The zero-order chi connectivity index (χ0) is 11.3. The smallest absolute Gasteiger partial charge is 0.409 e. The van der Waals surface area contributed by atoms with Crippen molar-refractivity contribution in [3.05, 3.63) is 35.9 Å². The molecule has 0 radical (unpaired) electrons. The Morgan fingerprint density at radius 2 is 1.73 bits per heavy atom. The average molecular weight is 206 g/mol. The second-order valence-corrected chi connectivity index (χ2v) is 2.73. The van der Waals surface area contributed by atoms with Crippen molar-refractivity contribution in [1.82, 2.24) is 0 Å². The summed E-state index contributed by atoms with van der Waals surface area (Å²) in [5.74, 6) is -0.175. The monoisotopic (exact) mass is 206 g/mol. The number of carbonyl (C=O) groups is 2. The van der Waals surface area contributed by atoms with Crippen molar-refractivity contribution in [1.29, 1.82) is 0 Å². The molecular formula is C10H10N2O3. The number of hydrogen-bond acceptors (Lipinski definition) is 3. The van der Waals surface area contributed by atoms with E-state index in [0.717, 1.165) is 5.56 Å². The van der Waals surface area contributed by atoms with E-state index in [-0.39, 0.29) is 0 Å². The summed E-state index contributed by atoms with van der Waals surface area (Å²) in [5, 5.41) is 0. The average Bonchev–Trinajstić information content (AvgIpc) is 2.16. The number of amides is 2. The number of rotatable bonds is 3. The summed E-state index contributed by atoms with van der Waals surface area (Å²) in [7, 11) is 0. The molecule has 0 aromatic heterocycles. The lowest BCUT2D eigenvalue weighted by molar-refractivity contribution is -0.113. The summed E-state index contributed by atoms with van der Waals surface area (Å²) in [6.07, 6.45) is 1.93. The van der Waals surface area contributed by atoms with Crippen LogP contribution in [0.5, 0.6) is 5.75 Å². The third-order valence-electron chi connectivity index (χ3n) is 1.54. The van der Waals surface area contributed by atoms with Gasteiger partial charge < -0.3 is 16.2 Å². The Bertz CT molecular complexity index is 396. The zero-order valence-corrected chi connectivity index (χ0v) is 7.84. The van der Waals surface area contributed by atoms with Crippen LogP contribution in [0.4, 0.5) is 4.79 Å². The third-order valence-corrected chi connectivity index (χ3v) is 1.54. The van der Waals surface area contributed by atoms with Crippen molar-refractivity contribution in [2.75, 3.05) is 0 Å². The van der Waals surface area contributed by atoms with Crippen LogP contribution in [0, 0.1) is 0 Å². The fourth-order valence-corrected chi connectivity index (χ4v) is 0.941. The zero-order valence-electron chi connectivity index (χ0n) is 7.84. The van der Waals surface area contributed by atoms with Gasteiger partial charge in [0.05, 0.1) is 0 Å². The van der Waals surface area contributed by atoms with Gasteiger partial charge in [-0.2, -0.15) is 0 Å². The maximum Gasteiger partial charge on any atom is 0.409 e. The molecule has 1 aromatic carbocycles. The fraction of sp³-hybridized carbons (Fsp3) is 0. The SMILES string of the molecule is NC(=O)C=Cc1ccc(OC(N)=O)cc1. The summed E-state index contributed by atoms with van der Waals surface area (Å²) in [6, 6.07) is 6.45. The Balaban J connectivity index is 2.72. The van der Waals surface area contributed by atoms with Crippen molar-refractivity contribution in [2.24, 2.45) is 11.5 Å². The van der Waals surface area contributed by atoms with Gasteiger partial charge in [0.1, 0.15) is 5.75 Å². The van der Waals surface area contributed by atoms with E-state index < -0.39 is 12.0 Å². The molecule has 0 saturated heterocycles. The second-order valence-electron chi connectivity index (χ2n) is 2.73. The molecule has 0 aliphatic carbocycles. The molecule has 0 unspecified atom stereocenters. The Hall–Kier alpha value is -2.30. The topological polar surface area (TPSA) is 95.4 Å². The van der Waals surface area contributed by atoms with E-state index in [1.54, 1.807) is 30.3 Å². The Labute approximate surface area is 86.3 Å². The molecule has 0 bridgehead atoms. The maximum atomic E-state index is 10.4. The summed E-state index contributed by atoms with van der Waals surface area (Å²) in [6.45, 7) is 0. The Kier molecular flexibility index (Phi) is 3.45. The second kappa shape index (κ2) is 4.80. The summed E-state index contributed by atoms with van der Waals surface area (Å²) in [4.78, 5) is 20.8. The van der Waals surface area contributed by atoms with Crippen LogP contribution in [0.25, 0.3) is 6.08 Å². The molecule has 0 fully saturated rings. The molecule has 4 N–H and O–H groups in total. The molecule has 5 nitrogen and oxygen atoms in total. The molecule has 2 amide bonds. The molecule has 0 aliphatic rings. The van der Waals surface area contributed by atoms with Crippen LogP contribution in [0.1, 0.15) is 5.56 Å². The quantitative estimate of drug-likeness (QED) is 0.710. The van der Waals surface area contributed by atoms with Crippen LogP contribution >= 0.6 is 0 Å². The maximum absolute atomic E-state index is 10.4. The van der Waals surface area contributed by atoms with E-state index in [1.807, 2.05) is 0 Å². The first kappa shape index (κ1) is 10.8. The highest BCUT2D eigenvalue weighted by Gasteiger charge is 1.97. The number of nitrogens with two attached hydrogens (primary N) is 2. The minimum atomic E-state index is -0.865. The lowest BCUT2D eigenvalue weighted by Crippen LogP contribution is -2.16. The van der Waals surface area contributed by atoms with Crippen LogP contribution in [0.2, 0.25) is 0 Å². The van der Waals surface area contributed by atoms with E-state index >= 15 is 0 Å². The van der Waals surface area contributed by atoms with Gasteiger partial charge in [0, 0.05) is 6.08 Å². The lowest BCUT2D eigenvalue weighted by atomic mass is 10.2. The first-order valence-electron chi connectivity index (χ1n) is 4.13.